The molecule has 2 rings (SSSR count). The number of nitrogens with zero attached hydrogens (tertiary/aromatic N) is 3. The van der Waals surface area contributed by atoms with Crippen LogP contribution in [0.2, 0.25) is 0 Å². The second kappa shape index (κ2) is 10.9. The van der Waals surface area contributed by atoms with Gasteiger partial charge in [-0.05, 0) is 12.1 Å². The third kappa shape index (κ3) is 6.76. The molecule has 0 saturated carbocycles. The van der Waals surface area contributed by atoms with Gasteiger partial charge in [-0.15, -0.1) is 0 Å². The van der Waals surface area contributed by atoms with Crippen molar-refractivity contribution in [3.63, 3.8) is 0 Å². The molecule has 0 aliphatic rings. The summed E-state index contributed by atoms with van der Waals surface area (Å²) >= 11 is 4.21. The third-order valence-electron chi connectivity index (χ3n) is 2.78. The van der Waals surface area contributed by atoms with Gasteiger partial charge in [0.1, 0.15) is 0 Å². The monoisotopic (exact) mass is 316 g/mol. The molecule has 0 aliphatic heterocycles. The van der Waals surface area contributed by atoms with Gasteiger partial charge in [0.05, 0.1) is 11.9 Å². The molecule has 0 amide bonds. The van der Waals surface area contributed by atoms with Crippen LogP contribution in [0.15, 0.2) is 60.0 Å². The minimum absolute atomic E-state index is 0.842. The highest BCUT2D eigenvalue weighted by atomic mass is 32.1. The van der Waals surface area contributed by atoms with Gasteiger partial charge in [0.25, 0.3) is 0 Å². The van der Waals surface area contributed by atoms with Gasteiger partial charge in [0.2, 0.25) is 0 Å². The number of anilines is 1. The quantitative estimate of drug-likeness (QED) is 0.385. The van der Waals surface area contributed by atoms with Gasteiger partial charge in [-0.2, -0.15) is 17.7 Å². The second-order valence-corrected chi connectivity index (χ2v) is 5.35. The van der Waals surface area contributed by atoms with E-state index in [4.69, 9.17) is 0 Å². The molecule has 0 spiro atoms. The smallest absolute Gasteiger partial charge is 0.169 e. The van der Waals surface area contributed by atoms with E-state index in [1.165, 1.54) is 6.42 Å². The molecule has 0 saturated heterocycles. The van der Waals surface area contributed by atoms with E-state index in [-0.39, 0.29) is 0 Å². The number of thiol groups is 1. The zero-order chi connectivity index (χ0) is 16.2. The van der Waals surface area contributed by atoms with Gasteiger partial charge in [0.15, 0.2) is 18.9 Å². The molecule has 0 fully saturated rings. The molecule has 0 radical (unpaired) electrons. The molecule has 1 heterocycles. The van der Waals surface area contributed by atoms with Gasteiger partial charge < -0.3 is 0 Å². The van der Waals surface area contributed by atoms with E-state index in [0.717, 1.165) is 23.5 Å². The molecule has 2 aromatic rings. The number of hydrogen-bond acceptors (Lipinski definition) is 3. The number of para-hydroxylation sites is 1. The van der Waals surface area contributed by atoms with Crippen LogP contribution < -0.4 is 9.58 Å². The fourth-order valence-electron chi connectivity index (χ4n) is 1.68. The Balaban J connectivity index is 0.000000745. The zero-order valence-electron chi connectivity index (χ0n) is 13.7. The van der Waals surface area contributed by atoms with E-state index in [9.17, 15) is 0 Å². The van der Waals surface area contributed by atoms with Gasteiger partial charge >= 0.3 is 0 Å². The average Bonchev–Trinajstić information content (AvgIpc) is 2.56. The molecule has 22 heavy (non-hydrogen) atoms. The molecule has 0 bridgehead atoms. The lowest BCUT2D eigenvalue weighted by Gasteiger charge is -2.11. The van der Waals surface area contributed by atoms with Gasteiger partial charge in [0, 0.05) is 30.5 Å². The molecule has 3 nitrogen and oxygen atoms in total. The molecular formula is C18H26N3S+. The first-order chi connectivity index (χ1) is 10.7. The molecule has 0 aliphatic carbocycles. The number of hydrazone groups is 1. The summed E-state index contributed by atoms with van der Waals surface area (Å²) in [6.45, 7) is 5.17. The Morgan fingerprint density at radius 1 is 1.09 bits per heavy atom. The van der Waals surface area contributed by atoms with Gasteiger partial charge in [-0.25, -0.2) is 4.57 Å². The van der Waals surface area contributed by atoms with E-state index in [1.807, 2.05) is 73.1 Å². The summed E-state index contributed by atoms with van der Waals surface area (Å²) in [4.78, 5) is 0. The maximum atomic E-state index is 4.42. The molecule has 118 valence electrons. The largest absolute Gasteiger partial charge is 0.269 e. The number of aryl methyl sites for hydroxylation is 1. The Bertz CT molecular complexity index is 538. The Morgan fingerprint density at radius 2 is 1.68 bits per heavy atom. The predicted octanol–water partition coefficient (Wildman–Crippen LogP) is 3.79. The molecule has 1 aromatic heterocycles. The maximum absolute atomic E-state index is 4.42. The maximum Gasteiger partial charge on any atom is 0.169 e. The fraction of sp³-hybridized carbons (Fsp3) is 0.333. The van der Waals surface area contributed by atoms with Crippen LogP contribution in [0.3, 0.4) is 0 Å². The minimum atomic E-state index is 0.842. The fourth-order valence-corrected chi connectivity index (χ4v) is 1.91. The van der Waals surface area contributed by atoms with Crippen LogP contribution in [0.4, 0.5) is 5.69 Å². The lowest BCUT2D eigenvalue weighted by Crippen LogP contribution is -2.33. The van der Waals surface area contributed by atoms with E-state index in [0.29, 0.717) is 0 Å². The van der Waals surface area contributed by atoms with Crippen molar-refractivity contribution in [1.29, 1.82) is 0 Å². The standard InChI is InChI=1S/C15H17N3S.C3H8/c1-17(15-5-3-2-4-6-15)16-13-14-7-9-18(10-8-14)11-12-19;1-3-2/h2-10,13H,11-12H2,1H3;3H2,1-2H3/p+1. The first-order valence-electron chi connectivity index (χ1n) is 7.64. The summed E-state index contributed by atoms with van der Waals surface area (Å²) in [5, 5.41) is 6.28. The Kier molecular flexibility index (Phi) is 9.00. The molecule has 0 atom stereocenters. The Labute approximate surface area is 139 Å². The number of hydrogen-bond donors (Lipinski definition) is 1. The molecule has 0 unspecified atom stereocenters. The molecule has 1 aromatic carbocycles. The van der Waals surface area contributed by atoms with Gasteiger partial charge in [-0.3, -0.25) is 5.01 Å². The summed E-state index contributed by atoms with van der Waals surface area (Å²) < 4.78 is 2.10. The topological polar surface area (TPSA) is 19.5 Å². The lowest BCUT2D eigenvalue weighted by atomic mass is 10.3. The van der Waals surface area contributed by atoms with Crippen LogP contribution in [0, 0.1) is 0 Å². The molecule has 4 heteroatoms. The lowest BCUT2D eigenvalue weighted by molar-refractivity contribution is -0.692. The summed E-state index contributed by atoms with van der Waals surface area (Å²) in [6, 6.07) is 14.2. The summed E-state index contributed by atoms with van der Waals surface area (Å²) in [5.41, 5.74) is 2.15. The summed E-state index contributed by atoms with van der Waals surface area (Å²) in [5.74, 6) is 0.842. The minimum Gasteiger partial charge on any atom is -0.269 e. The number of rotatable bonds is 5. The van der Waals surface area contributed by atoms with E-state index >= 15 is 0 Å². The number of benzene rings is 1. The second-order valence-electron chi connectivity index (χ2n) is 4.90. The highest BCUT2D eigenvalue weighted by molar-refractivity contribution is 7.80. The Hall–Kier alpha value is -1.81. The van der Waals surface area contributed by atoms with E-state index in [2.05, 4.69) is 36.1 Å². The van der Waals surface area contributed by atoms with Crippen LogP contribution in [0.1, 0.15) is 25.8 Å². The number of aromatic nitrogens is 1. The first kappa shape index (κ1) is 18.2. The molecular weight excluding hydrogens is 290 g/mol. The highest BCUT2D eigenvalue weighted by Gasteiger charge is 1.99. The van der Waals surface area contributed by atoms with Crippen molar-refractivity contribution in [2.75, 3.05) is 17.8 Å². The van der Waals surface area contributed by atoms with Crippen molar-refractivity contribution in [2.24, 2.45) is 5.10 Å². The van der Waals surface area contributed by atoms with Crippen molar-refractivity contribution in [2.45, 2.75) is 26.8 Å². The van der Waals surface area contributed by atoms with E-state index < -0.39 is 0 Å². The van der Waals surface area contributed by atoms with Crippen LogP contribution in [-0.4, -0.2) is 19.0 Å². The highest BCUT2D eigenvalue weighted by Crippen LogP contribution is 2.10. The summed E-state index contributed by atoms with van der Waals surface area (Å²) in [6.07, 6.45) is 7.19. The van der Waals surface area contributed by atoms with Crippen molar-refractivity contribution in [3.8, 4) is 0 Å². The van der Waals surface area contributed by atoms with Crippen molar-refractivity contribution in [1.82, 2.24) is 0 Å². The van der Waals surface area contributed by atoms with Crippen LogP contribution in [0.5, 0.6) is 0 Å². The van der Waals surface area contributed by atoms with Crippen LogP contribution in [-0.2, 0) is 6.54 Å². The summed E-state index contributed by atoms with van der Waals surface area (Å²) in [7, 11) is 1.94. The number of pyridine rings is 1. The third-order valence-corrected chi connectivity index (χ3v) is 2.98. The SMILES string of the molecule is CCC.CN(/N=C/c1cc[n+](CCS)cc1)c1ccccc1. The normalized spacial score (nSPS) is 10.2. The first-order valence-corrected chi connectivity index (χ1v) is 8.27. The van der Waals surface area contributed by atoms with Crippen molar-refractivity contribution >= 4 is 24.5 Å². The van der Waals surface area contributed by atoms with Crippen LogP contribution in [0.25, 0.3) is 0 Å². The van der Waals surface area contributed by atoms with Gasteiger partial charge in [-0.1, -0.05) is 38.5 Å². The van der Waals surface area contributed by atoms with Crippen molar-refractivity contribution < 1.29 is 4.57 Å². The Morgan fingerprint density at radius 3 is 2.23 bits per heavy atom. The van der Waals surface area contributed by atoms with E-state index in [1.54, 1.807) is 0 Å². The van der Waals surface area contributed by atoms with Crippen LogP contribution >= 0.6 is 12.6 Å². The van der Waals surface area contributed by atoms with Crippen molar-refractivity contribution in [3.05, 3.63) is 60.4 Å². The zero-order valence-corrected chi connectivity index (χ0v) is 14.6. The molecule has 0 N–H and O–H groups in total. The average molecular weight is 316 g/mol. The predicted molar refractivity (Wildman–Crippen MR) is 98.9 cm³/mol.